The Hall–Kier alpha value is -3.54. The second-order valence-corrected chi connectivity index (χ2v) is 11.6. The van der Waals surface area contributed by atoms with Crippen molar-refractivity contribution < 1.29 is 18.3 Å². The molecule has 6 nitrogen and oxygen atoms in total. The maximum atomic E-state index is 13.4. The molecule has 2 aromatic carbocycles. The number of ether oxygens (including phenoxy) is 2. The van der Waals surface area contributed by atoms with E-state index in [0.29, 0.717) is 46.6 Å². The number of benzene rings is 2. The molecule has 0 radical (unpaired) electrons. The van der Waals surface area contributed by atoms with Gasteiger partial charge in [0.15, 0.2) is 0 Å². The molecule has 0 amide bonds. The Balaban J connectivity index is 1.53. The van der Waals surface area contributed by atoms with Gasteiger partial charge in [0.05, 0.1) is 21.9 Å². The van der Waals surface area contributed by atoms with Gasteiger partial charge in [-0.2, -0.15) is 0 Å². The Labute approximate surface area is 207 Å². The summed E-state index contributed by atoms with van der Waals surface area (Å²) >= 11 is 0. The van der Waals surface area contributed by atoms with Crippen LogP contribution in [0.25, 0.3) is 21.9 Å². The van der Waals surface area contributed by atoms with E-state index in [1.807, 2.05) is 44.2 Å². The van der Waals surface area contributed by atoms with E-state index in [2.05, 4.69) is 20.8 Å². The first-order valence-corrected chi connectivity index (χ1v) is 12.6. The molecule has 1 saturated carbocycles. The van der Waals surface area contributed by atoms with E-state index in [1.54, 1.807) is 6.07 Å². The fourth-order valence-electron chi connectivity index (χ4n) is 7.39. The van der Waals surface area contributed by atoms with Crippen molar-refractivity contribution in [2.45, 2.75) is 70.5 Å². The van der Waals surface area contributed by atoms with Crippen LogP contribution in [0.5, 0.6) is 11.5 Å². The fourth-order valence-corrected chi connectivity index (χ4v) is 7.39. The van der Waals surface area contributed by atoms with E-state index in [4.69, 9.17) is 18.3 Å². The van der Waals surface area contributed by atoms with Crippen LogP contribution in [-0.4, -0.2) is 11.2 Å². The summed E-state index contributed by atoms with van der Waals surface area (Å²) in [4.78, 5) is 26.9. The number of fused-ring (bicyclic) bond motifs is 12. The maximum absolute atomic E-state index is 13.4. The molecule has 0 saturated heterocycles. The molecule has 6 heteroatoms. The third kappa shape index (κ3) is 2.73. The third-order valence-corrected chi connectivity index (χ3v) is 8.69. The Bertz CT molecular complexity index is 1620. The lowest BCUT2D eigenvalue weighted by Gasteiger charge is -2.56. The predicted octanol–water partition coefficient (Wildman–Crippen LogP) is 6.12. The van der Waals surface area contributed by atoms with Crippen LogP contribution < -0.4 is 20.7 Å². The lowest BCUT2D eigenvalue weighted by atomic mass is 9.56. The predicted molar refractivity (Wildman–Crippen MR) is 136 cm³/mol. The first-order chi connectivity index (χ1) is 17.1. The average Bonchev–Trinajstić information content (AvgIpc) is 2.77. The molecule has 0 unspecified atom stereocenters. The second kappa shape index (κ2) is 6.81. The molecule has 4 atom stereocenters. The van der Waals surface area contributed by atoms with Gasteiger partial charge in [-0.25, -0.2) is 9.59 Å². The monoisotopic (exact) mass is 484 g/mol. The highest BCUT2D eigenvalue weighted by Gasteiger charge is 2.59. The summed E-state index contributed by atoms with van der Waals surface area (Å²) in [5.74, 6) is 0.727. The van der Waals surface area contributed by atoms with Crippen LogP contribution in [0.2, 0.25) is 0 Å². The lowest BCUT2D eigenvalue weighted by molar-refractivity contribution is -0.0807. The van der Waals surface area contributed by atoms with Crippen LogP contribution in [0.1, 0.15) is 67.7 Å². The van der Waals surface area contributed by atoms with Crippen LogP contribution in [0.15, 0.2) is 54.8 Å². The third-order valence-electron chi connectivity index (χ3n) is 8.69. The SMILES string of the molecule is Cc1cccc2oc(=O)c3c(c12)O[C@]1(C)C[C@H]3[C@H]2[C@@H](C1)c1c(c3c(C)cccc3oc1=O)OC2(C)C. The molecule has 36 heavy (non-hydrogen) atoms. The van der Waals surface area contributed by atoms with E-state index >= 15 is 0 Å². The molecule has 4 heterocycles. The van der Waals surface area contributed by atoms with Crippen LogP contribution in [-0.2, 0) is 0 Å². The Morgan fingerprint density at radius 3 is 1.69 bits per heavy atom. The zero-order chi connectivity index (χ0) is 25.1. The van der Waals surface area contributed by atoms with E-state index in [0.717, 1.165) is 21.9 Å². The van der Waals surface area contributed by atoms with Crippen LogP contribution in [0.3, 0.4) is 0 Å². The quantitative estimate of drug-likeness (QED) is 0.280. The van der Waals surface area contributed by atoms with Gasteiger partial charge in [0.25, 0.3) is 0 Å². The molecule has 3 aliphatic rings. The molecular formula is C30H28O6. The van der Waals surface area contributed by atoms with Crippen LogP contribution in [0.4, 0.5) is 0 Å². The van der Waals surface area contributed by atoms with E-state index in [9.17, 15) is 9.59 Å². The normalized spacial score (nSPS) is 27.5. The standard InChI is InChI=1S/C30H28O6/c1-14-8-6-10-18-20(14)25-22(27(31)33-18)16-12-30(5)13-17(24(16)29(3,4)35-25)23-26(36-30)21-15(2)9-7-11-19(21)34-28(23)32/h6-11,16-17,24H,12-13H2,1-5H3/t16-,17+,24+,30-/m0/s1. The number of aryl methyl sites for hydroxylation is 2. The van der Waals surface area contributed by atoms with Crippen molar-refractivity contribution in [2.75, 3.05) is 0 Å². The Morgan fingerprint density at radius 1 is 0.722 bits per heavy atom. The van der Waals surface area contributed by atoms with Gasteiger partial charge in [0.2, 0.25) is 0 Å². The van der Waals surface area contributed by atoms with Gasteiger partial charge in [0, 0.05) is 17.8 Å². The minimum Gasteiger partial charge on any atom is -0.486 e. The second-order valence-electron chi connectivity index (χ2n) is 11.6. The van der Waals surface area contributed by atoms with Crippen LogP contribution >= 0.6 is 0 Å². The number of hydrogen-bond acceptors (Lipinski definition) is 6. The van der Waals surface area contributed by atoms with Crippen molar-refractivity contribution in [2.24, 2.45) is 5.92 Å². The first-order valence-electron chi connectivity index (χ1n) is 12.6. The molecule has 184 valence electrons. The van der Waals surface area contributed by atoms with Gasteiger partial charge in [-0.15, -0.1) is 0 Å². The Kier molecular flexibility index (Phi) is 4.11. The summed E-state index contributed by atoms with van der Waals surface area (Å²) in [5.41, 5.74) is 2.22. The summed E-state index contributed by atoms with van der Waals surface area (Å²) in [5, 5.41) is 1.68. The highest BCUT2D eigenvalue weighted by Crippen LogP contribution is 2.62. The molecule has 4 aromatic rings. The molecular weight excluding hydrogens is 456 g/mol. The van der Waals surface area contributed by atoms with Crippen molar-refractivity contribution in [3.8, 4) is 11.5 Å². The van der Waals surface area contributed by atoms with Crippen molar-refractivity contribution in [3.05, 3.63) is 79.5 Å². The topological polar surface area (TPSA) is 78.9 Å². The number of rotatable bonds is 0. The van der Waals surface area contributed by atoms with E-state index in [-0.39, 0.29) is 29.0 Å². The smallest absolute Gasteiger partial charge is 0.343 e. The van der Waals surface area contributed by atoms with Gasteiger partial charge in [0.1, 0.15) is 33.9 Å². The van der Waals surface area contributed by atoms with Crippen molar-refractivity contribution in [1.29, 1.82) is 0 Å². The molecule has 1 aliphatic carbocycles. The Morgan fingerprint density at radius 2 is 1.19 bits per heavy atom. The summed E-state index contributed by atoms with van der Waals surface area (Å²) in [6, 6.07) is 11.4. The van der Waals surface area contributed by atoms with Gasteiger partial charge < -0.3 is 18.3 Å². The molecule has 2 aliphatic heterocycles. The highest BCUT2D eigenvalue weighted by atomic mass is 16.5. The summed E-state index contributed by atoms with van der Waals surface area (Å²) in [7, 11) is 0. The van der Waals surface area contributed by atoms with Gasteiger partial charge >= 0.3 is 11.3 Å². The minimum atomic E-state index is -0.644. The largest absolute Gasteiger partial charge is 0.486 e. The molecule has 2 bridgehead atoms. The minimum absolute atomic E-state index is 0.130. The van der Waals surface area contributed by atoms with Crippen molar-refractivity contribution in [1.82, 2.24) is 0 Å². The van der Waals surface area contributed by atoms with E-state index in [1.165, 1.54) is 0 Å². The summed E-state index contributed by atoms with van der Waals surface area (Å²) in [6.07, 6.45) is 1.28. The lowest BCUT2D eigenvalue weighted by Crippen LogP contribution is -2.58. The fraction of sp³-hybridized carbons (Fsp3) is 0.400. The molecule has 0 spiro atoms. The molecule has 1 fully saturated rings. The first kappa shape index (κ1) is 21.7. The zero-order valence-electron chi connectivity index (χ0n) is 21.1. The number of hydrogen-bond donors (Lipinski definition) is 0. The molecule has 2 aromatic heterocycles. The van der Waals surface area contributed by atoms with Crippen molar-refractivity contribution >= 4 is 21.9 Å². The van der Waals surface area contributed by atoms with Gasteiger partial charge in [-0.05, 0) is 70.7 Å². The van der Waals surface area contributed by atoms with E-state index < -0.39 is 11.2 Å². The van der Waals surface area contributed by atoms with Gasteiger partial charge in [-0.1, -0.05) is 24.3 Å². The van der Waals surface area contributed by atoms with Crippen molar-refractivity contribution in [3.63, 3.8) is 0 Å². The molecule has 7 rings (SSSR count). The summed E-state index contributed by atoms with van der Waals surface area (Å²) in [6.45, 7) is 10.2. The zero-order valence-corrected chi connectivity index (χ0v) is 21.1. The molecule has 0 N–H and O–H groups in total. The van der Waals surface area contributed by atoms with Gasteiger partial charge in [-0.3, -0.25) is 0 Å². The van der Waals surface area contributed by atoms with Crippen LogP contribution in [0, 0.1) is 19.8 Å². The average molecular weight is 485 g/mol. The highest BCUT2D eigenvalue weighted by molar-refractivity contribution is 5.89. The maximum Gasteiger partial charge on any atom is 0.343 e. The summed E-state index contributed by atoms with van der Waals surface area (Å²) < 4.78 is 25.1.